The molecule has 16 atom stereocenters. The molecule has 3 spiro atoms. The Morgan fingerprint density at radius 2 is 0.847 bits per heavy atom. The van der Waals surface area contributed by atoms with Crippen LogP contribution in [-0.2, 0) is 63.9 Å². The maximum atomic E-state index is 12.9. The van der Waals surface area contributed by atoms with Crippen LogP contribution in [0.4, 0.5) is 0 Å². The number of phenols is 3. The molecule has 6 heterocycles. The van der Waals surface area contributed by atoms with Gasteiger partial charge >= 0.3 is 0 Å². The molecule has 85 heavy (non-hydrogen) atoms. The molecule has 18 nitrogen and oxygen atoms in total. The molecule has 15 rings (SSSR count). The summed E-state index contributed by atoms with van der Waals surface area (Å²) in [6.07, 6.45) is 10.2. The number of aromatic hydroxyl groups is 3. The Labute approximate surface area is 498 Å². The van der Waals surface area contributed by atoms with Gasteiger partial charge in [-0.3, -0.25) is 14.7 Å². The molecule has 3 saturated heterocycles. The van der Waals surface area contributed by atoms with E-state index in [1.807, 2.05) is 30.4 Å². The summed E-state index contributed by atoms with van der Waals surface area (Å²) in [7, 11) is 0. The van der Waals surface area contributed by atoms with E-state index < -0.39 is 51.4 Å². The molecule has 6 bridgehead atoms. The number of ether oxygens (including phenoxy) is 9. The van der Waals surface area contributed by atoms with Crippen LogP contribution >= 0.6 is 0 Å². The average molecular weight is 1170 g/mol. The first-order valence-electron chi connectivity index (χ1n) is 32.0. The highest BCUT2D eigenvalue weighted by atomic mass is 16.6. The van der Waals surface area contributed by atoms with Gasteiger partial charge in [-0.2, -0.15) is 0 Å². The topological polar surface area (TPSA) is 214 Å². The van der Waals surface area contributed by atoms with Crippen molar-refractivity contribution in [2.24, 2.45) is 5.92 Å². The van der Waals surface area contributed by atoms with Crippen molar-refractivity contribution in [1.82, 2.24) is 14.7 Å². The number of rotatable bonds is 24. The zero-order valence-electron chi connectivity index (χ0n) is 49.3. The molecular formula is C67H87N3O15. The fourth-order valence-electron chi connectivity index (χ4n) is 20.3. The quantitative estimate of drug-likeness (QED) is 0.0498. The molecule has 0 aromatic heterocycles. The van der Waals surface area contributed by atoms with E-state index in [9.17, 15) is 30.6 Å². The van der Waals surface area contributed by atoms with Gasteiger partial charge in [0, 0.05) is 53.8 Å². The molecule has 0 amide bonds. The lowest BCUT2D eigenvalue weighted by atomic mass is 9.48. The lowest BCUT2D eigenvalue weighted by Gasteiger charge is -2.64. The van der Waals surface area contributed by atoms with Crippen molar-refractivity contribution in [2.75, 3.05) is 98.7 Å². The summed E-state index contributed by atoms with van der Waals surface area (Å²) in [5.41, 5.74) is 1.08. The molecular weight excluding hydrogens is 1090 g/mol. The molecule has 6 N–H and O–H groups in total. The number of nitrogens with zero attached hydrogens (tertiary/aromatic N) is 3. The molecule has 460 valence electrons. The van der Waals surface area contributed by atoms with Gasteiger partial charge < -0.3 is 73.3 Å². The predicted octanol–water partition coefficient (Wildman–Crippen LogP) is 5.27. The first kappa shape index (κ1) is 56.9. The highest BCUT2D eigenvalue weighted by Gasteiger charge is 2.76. The van der Waals surface area contributed by atoms with Gasteiger partial charge in [-0.15, -0.1) is 13.2 Å². The van der Waals surface area contributed by atoms with E-state index in [0.717, 1.165) is 78.8 Å². The summed E-state index contributed by atoms with van der Waals surface area (Å²) in [5.74, 6) is 1.61. The molecule has 0 radical (unpaired) electrons. The number of aliphatic hydroxyl groups is 3. The minimum atomic E-state index is -1.05. The van der Waals surface area contributed by atoms with Crippen molar-refractivity contribution >= 4 is 0 Å². The molecule has 12 aliphatic rings. The molecule has 6 fully saturated rings. The van der Waals surface area contributed by atoms with Crippen molar-refractivity contribution in [3.63, 3.8) is 0 Å². The molecule has 6 aliphatic heterocycles. The Morgan fingerprint density at radius 1 is 0.506 bits per heavy atom. The monoisotopic (exact) mass is 1170 g/mol. The van der Waals surface area contributed by atoms with E-state index in [2.05, 4.69) is 34.8 Å². The first-order chi connectivity index (χ1) is 41.3. The molecule has 3 aromatic rings. The Hall–Kier alpha value is -4.54. The Kier molecular flexibility index (Phi) is 14.3. The first-order valence-corrected chi connectivity index (χ1v) is 32.0. The highest BCUT2D eigenvalue weighted by Crippen LogP contribution is 2.69. The van der Waals surface area contributed by atoms with Gasteiger partial charge in [0.15, 0.2) is 34.5 Å². The van der Waals surface area contributed by atoms with Crippen LogP contribution in [0.3, 0.4) is 0 Å². The van der Waals surface area contributed by atoms with E-state index in [-0.39, 0.29) is 59.6 Å². The molecule has 3 saturated carbocycles. The summed E-state index contributed by atoms with van der Waals surface area (Å²) < 4.78 is 59.5. The van der Waals surface area contributed by atoms with Crippen LogP contribution in [0, 0.1) is 5.92 Å². The van der Waals surface area contributed by atoms with Crippen LogP contribution in [-0.4, -0.2) is 216 Å². The van der Waals surface area contributed by atoms with Crippen LogP contribution in [0.15, 0.2) is 61.7 Å². The second kappa shape index (κ2) is 21.3. The summed E-state index contributed by atoms with van der Waals surface area (Å²) in [5, 5.41) is 72.0. The third kappa shape index (κ3) is 7.98. The fraction of sp³-hybridized carbons (Fsp3) is 0.672. The third-order valence-corrected chi connectivity index (χ3v) is 23.5. The summed E-state index contributed by atoms with van der Waals surface area (Å²) >= 11 is 0. The lowest BCUT2D eigenvalue weighted by molar-refractivity contribution is -0.216. The molecule has 6 aliphatic carbocycles. The van der Waals surface area contributed by atoms with Gasteiger partial charge in [0.05, 0.1) is 111 Å². The van der Waals surface area contributed by atoms with E-state index >= 15 is 0 Å². The van der Waals surface area contributed by atoms with Crippen LogP contribution in [0.5, 0.6) is 34.5 Å². The van der Waals surface area contributed by atoms with Crippen molar-refractivity contribution in [3.8, 4) is 34.5 Å². The fourth-order valence-corrected chi connectivity index (χ4v) is 20.3. The van der Waals surface area contributed by atoms with Gasteiger partial charge in [0.1, 0.15) is 18.3 Å². The smallest absolute Gasteiger partial charge is 0.165 e. The second-order valence-corrected chi connectivity index (χ2v) is 27.1. The van der Waals surface area contributed by atoms with Crippen LogP contribution in [0.25, 0.3) is 0 Å². The van der Waals surface area contributed by atoms with Crippen molar-refractivity contribution in [1.29, 1.82) is 0 Å². The molecule has 9 unspecified atom stereocenters. The standard InChI is InChI=1S/C67H87N3O15/c1-4-22-68-25-19-62-53-41-7-10-44(71)56(53)83-59(62)47(13-16-65(62,74)50(68)34-41)80-31-28-77-37-40(38-78-29-32-81-48-14-17-66(75)51-35-42-8-11-45(72)57-54(42)63(66,60(48)84-57)20-26-69(51)23-5-2)39-79-30-33-82-49-15-18-67(76)52-36-43-9-12-46(73)58-55(43)64(67,61(49)85-58)21-27-70(52)24-6-3/h4-5,7-12,40,47-52,59-61,71-76H,1-2,6,13-39H2,3H3/t40?,47?,48?,49?,50?,51?,52?,59-,60?,61?,62-,63-,64-,65+,66+,67+/m0/s1. The lowest BCUT2D eigenvalue weighted by Crippen LogP contribution is -2.77. The maximum absolute atomic E-state index is 12.9. The summed E-state index contributed by atoms with van der Waals surface area (Å²) in [6.45, 7) is 17.8. The van der Waals surface area contributed by atoms with Crippen molar-refractivity contribution < 1.29 is 73.3 Å². The summed E-state index contributed by atoms with van der Waals surface area (Å²) in [6, 6.07) is 11.0. The number of likely N-dealkylation sites (tertiary alicyclic amines) is 3. The SMILES string of the molecule is C=CCN1CC[C@]23c4c5ccc(O)c4OC2C(OCCOCC(COCCOC2CC[C@@]4(O)C6Cc7ccc(O)c8c7[C@@]4(CCN6CCC)C2O8)COCCOC2CC[C@@]4(O)C6Cc7ccc(O)c8c7[C@@]4(CCN6CC=C)[C@H]2O8)CC[C@@]3(O)C1C5. The van der Waals surface area contributed by atoms with Gasteiger partial charge in [-0.1, -0.05) is 37.3 Å². The largest absolute Gasteiger partial charge is 0.504 e. The highest BCUT2D eigenvalue weighted by molar-refractivity contribution is 5.65. The normalized spacial score (nSPS) is 38.6. The summed E-state index contributed by atoms with van der Waals surface area (Å²) in [4.78, 5) is 7.17. The molecule has 3 aromatic carbocycles. The Bertz CT molecular complexity index is 2960. The van der Waals surface area contributed by atoms with Gasteiger partial charge in [0.25, 0.3) is 0 Å². The average Bonchev–Trinajstić information content (AvgIpc) is 1.59. The zero-order chi connectivity index (χ0) is 58.3. The maximum Gasteiger partial charge on any atom is 0.165 e. The van der Waals surface area contributed by atoms with Crippen molar-refractivity contribution in [3.05, 3.63) is 95.1 Å². The van der Waals surface area contributed by atoms with Crippen molar-refractivity contribution in [2.45, 2.75) is 178 Å². The number of piperidine rings is 3. The van der Waals surface area contributed by atoms with Crippen LogP contribution in [0.1, 0.15) is 105 Å². The second-order valence-electron chi connectivity index (χ2n) is 27.1. The number of hydrogen-bond donors (Lipinski definition) is 6. The minimum absolute atomic E-state index is 0.0290. The van der Waals surface area contributed by atoms with Gasteiger partial charge in [-0.05, 0) is 145 Å². The van der Waals surface area contributed by atoms with E-state index in [0.29, 0.717) is 154 Å². The Balaban J connectivity index is 0.595. The molecule has 18 heteroatoms. The third-order valence-electron chi connectivity index (χ3n) is 23.5. The number of benzene rings is 3. The van der Waals surface area contributed by atoms with E-state index in [4.69, 9.17) is 42.6 Å². The van der Waals surface area contributed by atoms with E-state index in [1.165, 1.54) is 0 Å². The number of phenolic OH excluding ortho intramolecular Hbond substituents is 3. The van der Waals surface area contributed by atoms with Gasteiger partial charge in [0.2, 0.25) is 0 Å². The Morgan fingerprint density at radius 3 is 1.19 bits per heavy atom. The van der Waals surface area contributed by atoms with Gasteiger partial charge in [-0.25, -0.2) is 0 Å². The van der Waals surface area contributed by atoms with Crippen LogP contribution in [0.2, 0.25) is 0 Å². The zero-order valence-corrected chi connectivity index (χ0v) is 49.3. The van der Waals surface area contributed by atoms with E-state index in [1.54, 1.807) is 18.2 Å². The predicted molar refractivity (Wildman–Crippen MR) is 312 cm³/mol. The number of hydrogen-bond acceptors (Lipinski definition) is 18. The van der Waals surface area contributed by atoms with Crippen LogP contribution < -0.4 is 14.2 Å². The minimum Gasteiger partial charge on any atom is -0.504 e.